The Morgan fingerprint density at radius 1 is 1.14 bits per heavy atom. The molecule has 0 atom stereocenters. The molecule has 21 heavy (non-hydrogen) atoms. The molecule has 0 amide bonds. The van der Waals surface area contributed by atoms with Crippen LogP contribution < -0.4 is 4.74 Å². The molecule has 0 aliphatic carbocycles. The van der Waals surface area contributed by atoms with Gasteiger partial charge in [-0.15, -0.1) is 0 Å². The Labute approximate surface area is 124 Å². The summed E-state index contributed by atoms with van der Waals surface area (Å²) in [4.78, 5) is 5.53. The lowest BCUT2D eigenvalue weighted by Gasteiger charge is -2.01. The summed E-state index contributed by atoms with van der Waals surface area (Å²) in [5.74, 6) is 0.577. The Kier molecular flexibility index (Phi) is 2.68. The molecule has 0 unspecified atom stereocenters. The number of benzene rings is 2. The van der Waals surface area contributed by atoms with E-state index >= 15 is 0 Å². The molecule has 104 valence electrons. The van der Waals surface area contributed by atoms with Crippen molar-refractivity contribution in [2.45, 2.75) is 0 Å². The topological polar surface area (TPSA) is 26.5 Å². The highest BCUT2D eigenvalue weighted by molar-refractivity contribution is 7.23. The fourth-order valence-electron chi connectivity index (χ4n) is 2.44. The van der Waals surface area contributed by atoms with Gasteiger partial charge in [-0.2, -0.15) is 0 Å². The van der Waals surface area contributed by atoms with Crippen LogP contribution in [0.25, 0.3) is 26.4 Å². The largest absolute Gasteiger partial charge is 0.495 e. The predicted molar refractivity (Wildman–Crippen MR) is 82.5 cm³/mol. The molecule has 0 radical (unpaired) electrons. The molecule has 0 fully saturated rings. The molecular weight excluding hydrogens is 287 g/mol. The van der Waals surface area contributed by atoms with Crippen LogP contribution in [0.1, 0.15) is 0 Å². The number of methoxy groups -OCH3 is 1. The molecule has 2 aromatic heterocycles. The van der Waals surface area contributed by atoms with Crippen molar-refractivity contribution in [2.75, 3.05) is 7.11 Å². The van der Waals surface area contributed by atoms with Gasteiger partial charge in [0.15, 0.2) is 4.96 Å². The van der Waals surface area contributed by atoms with E-state index in [4.69, 9.17) is 4.74 Å². The molecule has 0 saturated carbocycles. The highest BCUT2D eigenvalue weighted by atomic mass is 32.1. The lowest BCUT2D eigenvalue weighted by molar-refractivity contribution is 0.418. The third-order valence-corrected chi connectivity index (χ3v) is 4.46. The molecule has 4 rings (SSSR count). The van der Waals surface area contributed by atoms with Crippen LogP contribution in [-0.4, -0.2) is 16.5 Å². The second kappa shape index (κ2) is 4.56. The number of para-hydroxylation sites is 1. The first-order valence-corrected chi connectivity index (χ1v) is 7.28. The first-order chi connectivity index (χ1) is 10.3. The van der Waals surface area contributed by atoms with Crippen LogP contribution in [0, 0.1) is 5.82 Å². The zero-order valence-corrected chi connectivity index (χ0v) is 12.0. The number of halogens is 1. The van der Waals surface area contributed by atoms with Crippen molar-refractivity contribution in [1.82, 2.24) is 9.38 Å². The zero-order valence-electron chi connectivity index (χ0n) is 11.2. The van der Waals surface area contributed by atoms with E-state index < -0.39 is 0 Å². The third kappa shape index (κ3) is 1.89. The van der Waals surface area contributed by atoms with E-state index in [2.05, 4.69) is 11.1 Å². The molecule has 3 nitrogen and oxygen atoms in total. The van der Waals surface area contributed by atoms with Crippen LogP contribution in [0.15, 0.2) is 48.7 Å². The zero-order chi connectivity index (χ0) is 14.4. The van der Waals surface area contributed by atoms with Gasteiger partial charge in [0.2, 0.25) is 0 Å². The first-order valence-electron chi connectivity index (χ1n) is 6.47. The van der Waals surface area contributed by atoms with E-state index in [1.807, 2.05) is 22.7 Å². The molecule has 0 saturated heterocycles. The van der Waals surface area contributed by atoms with Crippen molar-refractivity contribution < 1.29 is 9.13 Å². The smallest absolute Gasteiger partial charge is 0.195 e. The number of imidazole rings is 1. The van der Waals surface area contributed by atoms with E-state index in [1.54, 1.807) is 30.6 Å². The average molecular weight is 298 g/mol. The lowest BCUT2D eigenvalue weighted by Crippen LogP contribution is -1.86. The van der Waals surface area contributed by atoms with Crippen LogP contribution in [0.3, 0.4) is 0 Å². The maximum Gasteiger partial charge on any atom is 0.195 e. The highest BCUT2D eigenvalue weighted by Gasteiger charge is 2.13. The number of hydrogen-bond acceptors (Lipinski definition) is 3. The van der Waals surface area contributed by atoms with Crippen LogP contribution in [0.2, 0.25) is 0 Å². The standard InChI is InChI=1S/C16H11FN2OS/c1-20-13-3-2-4-14-15(13)19-9-12(18-16(19)21-14)10-5-7-11(17)8-6-10/h2-9H,1H3. The van der Waals surface area contributed by atoms with Crippen molar-refractivity contribution in [3.05, 3.63) is 54.5 Å². The summed E-state index contributed by atoms with van der Waals surface area (Å²) in [5, 5.41) is 0. The second-order valence-electron chi connectivity index (χ2n) is 4.69. The highest BCUT2D eigenvalue weighted by Crippen LogP contribution is 2.34. The summed E-state index contributed by atoms with van der Waals surface area (Å²) in [7, 11) is 1.66. The van der Waals surface area contributed by atoms with Gasteiger partial charge in [0.1, 0.15) is 17.1 Å². The van der Waals surface area contributed by atoms with Gasteiger partial charge in [-0.05, 0) is 36.4 Å². The summed E-state index contributed by atoms with van der Waals surface area (Å²) in [5.41, 5.74) is 2.74. The van der Waals surface area contributed by atoms with Crippen molar-refractivity contribution in [3.8, 4) is 17.0 Å². The molecule has 2 heterocycles. The molecule has 2 aromatic carbocycles. The fraction of sp³-hybridized carbons (Fsp3) is 0.0625. The number of aromatic nitrogens is 2. The number of rotatable bonds is 2. The average Bonchev–Trinajstić information content (AvgIpc) is 3.05. The molecule has 0 aliphatic heterocycles. The molecule has 5 heteroatoms. The SMILES string of the molecule is COc1cccc2sc3nc(-c4ccc(F)cc4)cn3c12. The van der Waals surface area contributed by atoms with Crippen LogP contribution in [0.5, 0.6) is 5.75 Å². The van der Waals surface area contributed by atoms with E-state index in [0.29, 0.717) is 0 Å². The molecule has 0 N–H and O–H groups in total. The lowest BCUT2D eigenvalue weighted by atomic mass is 10.2. The number of ether oxygens (including phenoxy) is 1. The fourth-order valence-corrected chi connectivity index (χ4v) is 3.47. The predicted octanol–water partition coefficient (Wildman–Crippen LogP) is 4.36. The van der Waals surface area contributed by atoms with E-state index in [-0.39, 0.29) is 5.82 Å². The summed E-state index contributed by atoms with van der Waals surface area (Å²) in [6, 6.07) is 12.3. The van der Waals surface area contributed by atoms with Gasteiger partial charge in [-0.1, -0.05) is 17.4 Å². The maximum absolute atomic E-state index is 13.0. The van der Waals surface area contributed by atoms with Crippen molar-refractivity contribution in [2.24, 2.45) is 0 Å². The van der Waals surface area contributed by atoms with E-state index in [0.717, 1.165) is 32.2 Å². The molecular formula is C16H11FN2OS. The van der Waals surface area contributed by atoms with Crippen LogP contribution in [-0.2, 0) is 0 Å². The summed E-state index contributed by atoms with van der Waals surface area (Å²) in [6.45, 7) is 0. The van der Waals surface area contributed by atoms with E-state index in [1.165, 1.54) is 12.1 Å². The Balaban J connectivity index is 1.96. The molecule has 0 bridgehead atoms. The van der Waals surface area contributed by atoms with Crippen molar-refractivity contribution >= 4 is 26.5 Å². The summed E-state index contributed by atoms with van der Waals surface area (Å²) >= 11 is 1.61. The summed E-state index contributed by atoms with van der Waals surface area (Å²) in [6.07, 6.45) is 1.96. The third-order valence-electron chi connectivity index (χ3n) is 3.44. The number of nitrogens with zero attached hydrogens (tertiary/aromatic N) is 2. The molecule has 0 aliphatic rings. The van der Waals surface area contributed by atoms with Gasteiger partial charge in [0, 0.05) is 11.8 Å². The first kappa shape index (κ1) is 12.3. The normalized spacial score (nSPS) is 11.3. The van der Waals surface area contributed by atoms with Gasteiger partial charge in [-0.25, -0.2) is 9.37 Å². The monoisotopic (exact) mass is 298 g/mol. The number of fused-ring (bicyclic) bond motifs is 3. The van der Waals surface area contributed by atoms with Gasteiger partial charge in [0.25, 0.3) is 0 Å². The van der Waals surface area contributed by atoms with Gasteiger partial charge in [0.05, 0.1) is 17.5 Å². The van der Waals surface area contributed by atoms with Gasteiger partial charge >= 0.3 is 0 Å². The quantitative estimate of drug-likeness (QED) is 0.549. The summed E-state index contributed by atoms with van der Waals surface area (Å²) < 4.78 is 21.6. The van der Waals surface area contributed by atoms with Gasteiger partial charge in [-0.3, -0.25) is 4.40 Å². The van der Waals surface area contributed by atoms with E-state index in [9.17, 15) is 4.39 Å². The van der Waals surface area contributed by atoms with Crippen molar-refractivity contribution in [3.63, 3.8) is 0 Å². The Morgan fingerprint density at radius 3 is 2.71 bits per heavy atom. The second-order valence-corrected chi connectivity index (χ2v) is 5.70. The number of hydrogen-bond donors (Lipinski definition) is 0. The van der Waals surface area contributed by atoms with Crippen molar-refractivity contribution in [1.29, 1.82) is 0 Å². The maximum atomic E-state index is 13.0. The Morgan fingerprint density at radius 2 is 1.95 bits per heavy atom. The minimum Gasteiger partial charge on any atom is -0.495 e. The minimum absolute atomic E-state index is 0.244. The van der Waals surface area contributed by atoms with Crippen LogP contribution in [0.4, 0.5) is 4.39 Å². The number of thiazole rings is 1. The Bertz CT molecular complexity index is 940. The molecule has 4 aromatic rings. The minimum atomic E-state index is -0.244. The molecule has 0 spiro atoms. The van der Waals surface area contributed by atoms with Gasteiger partial charge < -0.3 is 4.74 Å². The van der Waals surface area contributed by atoms with Crippen LogP contribution >= 0.6 is 11.3 Å². The Hall–Kier alpha value is -2.40.